The third kappa shape index (κ3) is 2.16. The number of hydrogen-bond donors (Lipinski definition) is 0. The Balaban J connectivity index is 2.16. The molecule has 4 heteroatoms. The van der Waals surface area contributed by atoms with Crippen LogP contribution in [0.3, 0.4) is 0 Å². The van der Waals surface area contributed by atoms with E-state index in [1.165, 1.54) is 0 Å². The summed E-state index contributed by atoms with van der Waals surface area (Å²) in [5, 5.41) is 0.671. The van der Waals surface area contributed by atoms with Gasteiger partial charge in [0.1, 0.15) is 0 Å². The van der Waals surface area contributed by atoms with Gasteiger partial charge in [0.2, 0.25) is 0 Å². The summed E-state index contributed by atoms with van der Waals surface area (Å²) < 4.78 is 3.61. The molecule has 2 aromatic heterocycles. The van der Waals surface area contributed by atoms with Gasteiger partial charge in [-0.2, -0.15) is 0 Å². The average molecular weight is 301 g/mol. The predicted molar refractivity (Wildman–Crippen MR) is 91.4 cm³/mol. The zero-order valence-electron chi connectivity index (χ0n) is 12.7. The van der Waals surface area contributed by atoms with Crippen molar-refractivity contribution in [1.29, 1.82) is 0 Å². The van der Waals surface area contributed by atoms with Crippen LogP contribution in [0.1, 0.15) is 5.69 Å². The zero-order valence-corrected chi connectivity index (χ0v) is 12.7. The largest absolute Gasteiger partial charge is 0.279 e. The smallest absolute Gasteiger partial charge is 0.267 e. The van der Waals surface area contributed by atoms with E-state index in [2.05, 4.69) is 4.98 Å². The molecule has 2 heterocycles. The Hall–Kier alpha value is -3.14. The molecule has 4 aromatic rings. The minimum Gasteiger partial charge on any atom is -0.267 e. The maximum absolute atomic E-state index is 13.0. The molecule has 4 nitrogen and oxygen atoms in total. The maximum Gasteiger partial charge on any atom is 0.279 e. The van der Waals surface area contributed by atoms with E-state index in [9.17, 15) is 4.79 Å². The summed E-state index contributed by atoms with van der Waals surface area (Å²) in [5.41, 5.74) is 3.35. The number of nitrogens with zero attached hydrogens (tertiary/aromatic N) is 3. The molecule has 0 N–H and O–H groups in total. The summed E-state index contributed by atoms with van der Waals surface area (Å²) in [4.78, 5) is 17.4. The second kappa shape index (κ2) is 5.25. The molecule has 0 aliphatic heterocycles. The molecule has 0 aliphatic carbocycles. The summed E-state index contributed by atoms with van der Waals surface area (Å²) >= 11 is 0. The minimum absolute atomic E-state index is 0.0412. The van der Waals surface area contributed by atoms with Crippen LogP contribution in [0.5, 0.6) is 0 Å². The molecule has 0 saturated carbocycles. The number of pyridine rings is 1. The average Bonchev–Trinajstić information content (AvgIpc) is 2.89. The third-order valence-corrected chi connectivity index (χ3v) is 3.87. The van der Waals surface area contributed by atoms with E-state index >= 15 is 0 Å². The van der Waals surface area contributed by atoms with E-state index in [0.29, 0.717) is 5.39 Å². The Labute approximate surface area is 133 Å². The fourth-order valence-electron chi connectivity index (χ4n) is 2.83. The number of hydrogen-bond acceptors (Lipinski definition) is 2. The number of benzene rings is 2. The number of aryl methyl sites for hydroxylation is 1. The maximum atomic E-state index is 13.0. The highest BCUT2D eigenvalue weighted by Gasteiger charge is 2.16. The molecule has 0 spiro atoms. The van der Waals surface area contributed by atoms with Crippen LogP contribution in [0.25, 0.3) is 22.3 Å². The Morgan fingerprint density at radius 2 is 1.39 bits per heavy atom. The second-order valence-electron chi connectivity index (χ2n) is 5.44. The first-order valence-electron chi connectivity index (χ1n) is 7.47. The van der Waals surface area contributed by atoms with Crippen molar-refractivity contribution >= 4 is 10.9 Å². The van der Waals surface area contributed by atoms with Gasteiger partial charge in [0.15, 0.2) is 0 Å². The Morgan fingerprint density at radius 3 is 2.00 bits per heavy atom. The Morgan fingerprint density at radius 1 is 0.826 bits per heavy atom. The van der Waals surface area contributed by atoms with E-state index in [0.717, 1.165) is 22.6 Å². The van der Waals surface area contributed by atoms with E-state index < -0.39 is 0 Å². The SMILES string of the molecule is Cc1cc2c(=O)n(-c3ccccc3)n(-c3ccccc3)c2cn1. The predicted octanol–water partition coefficient (Wildman–Crippen LogP) is 3.48. The Bertz CT molecular complexity index is 1030. The van der Waals surface area contributed by atoms with Crippen LogP contribution in [0.15, 0.2) is 77.7 Å². The molecule has 0 bridgehead atoms. The first kappa shape index (κ1) is 13.5. The molecule has 23 heavy (non-hydrogen) atoms. The van der Waals surface area contributed by atoms with Crippen molar-refractivity contribution in [1.82, 2.24) is 14.3 Å². The van der Waals surface area contributed by atoms with Gasteiger partial charge in [0.25, 0.3) is 5.56 Å². The molecule has 0 atom stereocenters. The van der Waals surface area contributed by atoms with Crippen molar-refractivity contribution in [2.45, 2.75) is 6.92 Å². The van der Waals surface area contributed by atoms with E-state index in [-0.39, 0.29) is 5.56 Å². The minimum atomic E-state index is -0.0412. The van der Waals surface area contributed by atoms with Crippen LogP contribution in [0.2, 0.25) is 0 Å². The van der Waals surface area contributed by atoms with Crippen molar-refractivity contribution in [3.8, 4) is 11.4 Å². The van der Waals surface area contributed by atoms with Gasteiger partial charge in [0, 0.05) is 5.69 Å². The quantitative estimate of drug-likeness (QED) is 0.568. The first-order valence-corrected chi connectivity index (χ1v) is 7.47. The molecule has 0 unspecified atom stereocenters. The fraction of sp³-hybridized carbons (Fsp3) is 0.0526. The van der Waals surface area contributed by atoms with Crippen LogP contribution in [-0.4, -0.2) is 14.3 Å². The van der Waals surface area contributed by atoms with Gasteiger partial charge in [0.05, 0.1) is 28.5 Å². The molecular formula is C19H15N3O. The highest BCUT2D eigenvalue weighted by molar-refractivity contribution is 5.80. The lowest BCUT2D eigenvalue weighted by Crippen LogP contribution is -2.20. The zero-order chi connectivity index (χ0) is 15.8. The van der Waals surface area contributed by atoms with Crippen LogP contribution in [-0.2, 0) is 0 Å². The monoisotopic (exact) mass is 301 g/mol. The molecule has 112 valence electrons. The molecule has 0 radical (unpaired) electrons. The van der Waals surface area contributed by atoms with Crippen LogP contribution < -0.4 is 5.56 Å². The molecule has 4 rings (SSSR count). The van der Waals surface area contributed by atoms with Crippen molar-refractivity contribution in [3.05, 3.63) is 89.0 Å². The summed E-state index contributed by atoms with van der Waals surface area (Å²) in [5.74, 6) is 0. The Kier molecular flexibility index (Phi) is 3.08. The van der Waals surface area contributed by atoms with Crippen LogP contribution in [0, 0.1) is 6.92 Å². The summed E-state index contributed by atoms with van der Waals surface area (Å²) in [6.45, 7) is 1.89. The second-order valence-corrected chi connectivity index (χ2v) is 5.44. The molecule has 2 aromatic carbocycles. The number of aromatic nitrogens is 3. The summed E-state index contributed by atoms with van der Waals surface area (Å²) in [6, 6.07) is 21.4. The van der Waals surface area contributed by atoms with Gasteiger partial charge in [-0.3, -0.25) is 9.78 Å². The lowest BCUT2D eigenvalue weighted by atomic mass is 10.2. The van der Waals surface area contributed by atoms with Crippen molar-refractivity contribution in [3.63, 3.8) is 0 Å². The topological polar surface area (TPSA) is 39.8 Å². The van der Waals surface area contributed by atoms with E-state index in [4.69, 9.17) is 0 Å². The van der Waals surface area contributed by atoms with Crippen molar-refractivity contribution < 1.29 is 0 Å². The lowest BCUT2D eigenvalue weighted by molar-refractivity contribution is 0.741. The summed E-state index contributed by atoms with van der Waals surface area (Å²) in [6.07, 6.45) is 1.76. The number of para-hydroxylation sites is 2. The fourth-order valence-corrected chi connectivity index (χ4v) is 2.83. The van der Waals surface area contributed by atoms with Gasteiger partial charge < -0.3 is 0 Å². The van der Waals surface area contributed by atoms with E-state index in [1.807, 2.05) is 78.3 Å². The normalized spacial score (nSPS) is 11.0. The lowest BCUT2D eigenvalue weighted by Gasteiger charge is -2.12. The van der Waals surface area contributed by atoms with Gasteiger partial charge in [-0.15, -0.1) is 0 Å². The van der Waals surface area contributed by atoms with Gasteiger partial charge in [-0.1, -0.05) is 36.4 Å². The van der Waals surface area contributed by atoms with Gasteiger partial charge in [-0.05, 0) is 37.3 Å². The van der Waals surface area contributed by atoms with Gasteiger partial charge in [-0.25, -0.2) is 9.36 Å². The van der Waals surface area contributed by atoms with Crippen molar-refractivity contribution in [2.24, 2.45) is 0 Å². The molecule has 0 aliphatic rings. The van der Waals surface area contributed by atoms with Crippen molar-refractivity contribution in [2.75, 3.05) is 0 Å². The number of fused-ring (bicyclic) bond motifs is 1. The molecule has 0 fully saturated rings. The molecule has 0 amide bonds. The van der Waals surface area contributed by atoms with Gasteiger partial charge >= 0.3 is 0 Å². The summed E-state index contributed by atoms with van der Waals surface area (Å²) in [7, 11) is 0. The molecular weight excluding hydrogens is 286 g/mol. The van der Waals surface area contributed by atoms with Crippen LogP contribution >= 0.6 is 0 Å². The highest BCUT2D eigenvalue weighted by Crippen LogP contribution is 2.20. The van der Waals surface area contributed by atoms with Crippen LogP contribution in [0.4, 0.5) is 0 Å². The van der Waals surface area contributed by atoms with E-state index in [1.54, 1.807) is 10.9 Å². The number of rotatable bonds is 2. The first-order chi connectivity index (χ1) is 11.3. The molecule has 0 saturated heterocycles. The third-order valence-electron chi connectivity index (χ3n) is 3.87. The highest BCUT2D eigenvalue weighted by atomic mass is 16.1. The standard InChI is InChI=1S/C19H15N3O/c1-14-12-17-18(13-20-14)21(15-8-4-2-5-9-15)22(19(17)23)16-10-6-3-7-11-16/h2-13H,1H3.